The van der Waals surface area contributed by atoms with Crippen LogP contribution in [0.25, 0.3) is 0 Å². The molecule has 0 saturated heterocycles. The molecule has 0 aromatic heterocycles. The molecule has 0 heterocycles. The van der Waals surface area contributed by atoms with Gasteiger partial charge in [0.25, 0.3) is 0 Å². The summed E-state index contributed by atoms with van der Waals surface area (Å²) >= 11 is 0. The molecule has 25 heavy (non-hydrogen) atoms. The molecule has 4 nitrogen and oxygen atoms in total. The van der Waals surface area contributed by atoms with Crippen LogP contribution in [0.4, 0.5) is 0 Å². The number of hydrogen-bond acceptors (Lipinski definition) is 4. The van der Waals surface area contributed by atoms with Gasteiger partial charge in [0.15, 0.2) is 0 Å². The van der Waals surface area contributed by atoms with Gasteiger partial charge in [0.1, 0.15) is 0 Å². The highest BCUT2D eigenvalue weighted by Crippen LogP contribution is 2.59. The van der Waals surface area contributed by atoms with Gasteiger partial charge in [-0.1, -0.05) is 30.7 Å². The highest BCUT2D eigenvalue weighted by atomic mass is 16.3. The van der Waals surface area contributed by atoms with E-state index in [1.807, 2.05) is 13.0 Å². The van der Waals surface area contributed by atoms with Crippen molar-refractivity contribution in [3.05, 3.63) is 34.9 Å². The Balaban J connectivity index is 1.89. The molecule has 0 aliphatic heterocycles. The molecule has 0 aromatic rings. The average molecular weight is 348 g/mol. The summed E-state index contributed by atoms with van der Waals surface area (Å²) in [6.07, 6.45) is 8.56. The first-order chi connectivity index (χ1) is 11.7. The van der Waals surface area contributed by atoms with Crippen molar-refractivity contribution in [1.82, 2.24) is 0 Å². The Morgan fingerprint density at radius 1 is 1.24 bits per heavy atom. The quantitative estimate of drug-likeness (QED) is 0.632. The van der Waals surface area contributed by atoms with Crippen LogP contribution in [0.15, 0.2) is 34.9 Å². The van der Waals surface area contributed by atoms with E-state index in [1.54, 1.807) is 6.92 Å². The van der Waals surface area contributed by atoms with Gasteiger partial charge in [-0.05, 0) is 69.4 Å². The smallest absolute Gasteiger partial charge is 0.0962 e. The van der Waals surface area contributed by atoms with Crippen molar-refractivity contribution in [3.63, 3.8) is 0 Å². The molecule has 0 aromatic carbocycles. The van der Waals surface area contributed by atoms with Crippen molar-refractivity contribution < 1.29 is 20.4 Å². The van der Waals surface area contributed by atoms with E-state index in [4.69, 9.17) is 0 Å². The second-order valence-electron chi connectivity index (χ2n) is 8.58. The molecule has 0 spiro atoms. The fourth-order valence-corrected chi connectivity index (χ4v) is 5.29. The first-order valence-electron chi connectivity index (χ1n) is 9.52. The summed E-state index contributed by atoms with van der Waals surface area (Å²) in [6, 6.07) is 0. The molecule has 4 N–H and O–H groups in total. The number of hydrogen-bond donors (Lipinski definition) is 4. The summed E-state index contributed by atoms with van der Waals surface area (Å²) < 4.78 is 0. The molecule has 0 bridgehead atoms. The molecule has 1 fully saturated rings. The fraction of sp³-hybridized carbons (Fsp3) is 0.714. The Morgan fingerprint density at radius 3 is 2.64 bits per heavy atom. The van der Waals surface area contributed by atoms with Gasteiger partial charge in [0.2, 0.25) is 0 Å². The second kappa shape index (κ2) is 6.66. The lowest BCUT2D eigenvalue weighted by Gasteiger charge is -2.48. The molecule has 140 valence electrons. The maximum Gasteiger partial charge on any atom is 0.0962 e. The number of aliphatic hydroxyl groups is 4. The Labute approximate surface area is 150 Å². The summed E-state index contributed by atoms with van der Waals surface area (Å²) in [5.74, 6) is 0.126. The lowest BCUT2D eigenvalue weighted by Crippen LogP contribution is -2.54. The lowest BCUT2D eigenvalue weighted by molar-refractivity contribution is -0.148. The van der Waals surface area contributed by atoms with E-state index < -0.39 is 23.2 Å². The van der Waals surface area contributed by atoms with Gasteiger partial charge >= 0.3 is 0 Å². The zero-order valence-electron chi connectivity index (χ0n) is 15.6. The van der Waals surface area contributed by atoms with Gasteiger partial charge in [-0.2, -0.15) is 0 Å². The van der Waals surface area contributed by atoms with Gasteiger partial charge in [0, 0.05) is 5.41 Å². The third-order valence-corrected chi connectivity index (χ3v) is 7.02. The van der Waals surface area contributed by atoms with Gasteiger partial charge in [-0.3, -0.25) is 0 Å². The third kappa shape index (κ3) is 3.14. The summed E-state index contributed by atoms with van der Waals surface area (Å²) in [7, 11) is 0. The van der Waals surface area contributed by atoms with Gasteiger partial charge < -0.3 is 20.4 Å². The molecule has 6 atom stereocenters. The minimum Gasteiger partial charge on any atom is -0.393 e. The van der Waals surface area contributed by atoms with Crippen molar-refractivity contribution in [2.24, 2.45) is 11.3 Å². The maximum atomic E-state index is 11.1. The third-order valence-electron chi connectivity index (χ3n) is 7.02. The molecule has 3 rings (SSSR count). The Bertz CT molecular complexity index is 617. The van der Waals surface area contributed by atoms with E-state index >= 15 is 0 Å². The molecule has 0 amide bonds. The Hall–Kier alpha value is -0.940. The predicted molar refractivity (Wildman–Crippen MR) is 97.9 cm³/mol. The van der Waals surface area contributed by atoms with Gasteiger partial charge in [-0.15, -0.1) is 0 Å². The summed E-state index contributed by atoms with van der Waals surface area (Å²) in [5.41, 5.74) is 1.82. The topological polar surface area (TPSA) is 80.9 Å². The fourth-order valence-electron chi connectivity index (χ4n) is 5.29. The predicted octanol–water partition coefficient (Wildman–Crippen LogP) is 2.62. The van der Waals surface area contributed by atoms with E-state index in [-0.39, 0.29) is 12.0 Å². The summed E-state index contributed by atoms with van der Waals surface area (Å²) in [5, 5.41) is 41.6. The molecule has 3 aliphatic carbocycles. The van der Waals surface area contributed by atoms with Gasteiger partial charge in [0.05, 0.1) is 23.9 Å². The van der Waals surface area contributed by atoms with Crippen LogP contribution in [0, 0.1) is 11.3 Å². The van der Waals surface area contributed by atoms with Crippen LogP contribution in [0.2, 0.25) is 0 Å². The largest absolute Gasteiger partial charge is 0.393 e. The maximum absolute atomic E-state index is 11.1. The minimum atomic E-state index is -1.16. The second-order valence-corrected chi connectivity index (χ2v) is 8.58. The Kier molecular flexibility index (Phi) is 5.02. The SMILES string of the molecule is CC1=C(C=CC2=C[C@@H](O)C[C@@]3(C)[C@H]2CC[C@]3(O)[C@H](C)O)C[C@@H](O)CC1. The number of fused-ring (bicyclic) bond motifs is 1. The van der Waals surface area contributed by atoms with Crippen LogP contribution in [0.1, 0.15) is 59.3 Å². The molecule has 0 unspecified atom stereocenters. The van der Waals surface area contributed by atoms with E-state index in [0.717, 1.165) is 24.8 Å². The first kappa shape index (κ1) is 18.8. The molecular formula is C21H32O4. The molecule has 3 aliphatic rings. The summed E-state index contributed by atoms with van der Waals surface area (Å²) in [6.45, 7) is 5.75. The summed E-state index contributed by atoms with van der Waals surface area (Å²) in [4.78, 5) is 0. The van der Waals surface area contributed by atoms with E-state index in [0.29, 0.717) is 19.3 Å². The highest BCUT2D eigenvalue weighted by Gasteiger charge is 2.60. The van der Waals surface area contributed by atoms with Crippen molar-refractivity contribution >= 4 is 0 Å². The monoisotopic (exact) mass is 348 g/mol. The molecule has 4 heteroatoms. The Morgan fingerprint density at radius 2 is 1.96 bits per heavy atom. The normalized spacial score (nSPS) is 43.3. The van der Waals surface area contributed by atoms with Gasteiger partial charge in [-0.25, -0.2) is 0 Å². The minimum absolute atomic E-state index is 0.126. The highest BCUT2D eigenvalue weighted by molar-refractivity contribution is 5.38. The zero-order chi connectivity index (χ0) is 18.4. The van der Waals surface area contributed by atoms with E-state index in [1.165, 1.54) is 11.1 Å². The lowest BCUT2D eigenvalue weighted by atomic mass is 9.61. The van der Waals surface area contributed by atoms with Crippen LogP contribution in [0.5, 0.6) is 0 Å². The van der Waals surface area contributed by atoms with Crippen LogP contribution in [-0.2, 0) is 0 Å². The molecule has 0 radical (unpaired) electrons. The van der Waals surface area contributed by atoms with Crippen molar-refractivity contribution in [2.45, 2.75) is 83.2 Å². The average Bonchev–Trinajstić information content (AvgIpc) is 2.80. The standard InChI is InChI=1S/C21H32O4/c1-13-4-7-17(23)10-15(13)5-6-16-11-18(24)12-20(3)19(16)8-9-21(20,25)14(2)22/h5-6,11,14,17-19,22-25H,4,7-10,12H2,1-3H3/t14-,17-,18+,19-,20-,21-/m0/s1. The van der Waals surface area contributed by atoms with Crippen molar-refractivity contribution in [3.8, 4) is 0 Å². The van der Waals surface area contributed by atoms with Crippen molar-refractivity contribution in [1.29, 1.82) is 0 Å². The van der Waals surface area contributed by atoms with Crippen LogP contribution >= 0.6 is 0 Å². The number of aliphatic hydroxyl groups excluding tert-OH is 3. The van der Waals surface area contributed by atoms with Crippen molar-refractivity contribution in [2.75, 3.05) is 0 Å². The van der Waals surface area contributed by atoms with E-state index in [2.05, 4.69) is 19.1 Å². The van der Waals surface area contributed by atoms with E-state index in [9.17, 15) is 20.4 Å². The first-order valence-corrected chi connectivity index (χ1v) is 9.52. The molecule has 1 saturated carbocycles. The molecular weight excluding hydrogens is 316 g/mol. The van der Waals surface area contributed by atoms with Crippen LogP contribution in [-0.4, -0.2) is 44.3 Å². The zero-order valence-corrected chi connectivity index (χ0v) is 15.6. The number of allylic oxidation sites excluding steroid dienone is 4. The number of rotatable bonds is 3. The van der Waals surface area contributed by atoms with Crippen LogP contribution in [0.3, 0.4) is 0 Å². The van der Waals surface area contributed by atoms with Crippen LogP contribution < -0.4 is 0 Å².